The van der Waals surface area contributed by atoms with Crippen molar-refractivity contribution in [3.05, 3.63) is 104 Å². The van der Waals surface area contributed by atoms with E-state index in [0.29, 0.717) is 5.56 Å². The molecule has 0 N–H and O–H groups in total. The smallest absolute Gasteiger partial charge is 0.199 e. The quantitative estimate of drug-likeness (QED) is 0.548. The molecule has 3 aromatic rings. The van der Waals surface area contributed by atoms with E-state index < -0.39 is 10.0 Å². The van der Waals surface area contributed by atoms with Crippen molar-refractivity contribution in [1.82, 2.24) is 0 Å². The molecule has 3 aliphatic rings. The van der Waals surface area contributed by atoms with Gasteiger partial charge in [-0.25, -0.2) is 0 Å². The average molecular weight is 426 g/mol. The second-order valence-electron chi connectivity index (χ2n) is 7.88. The van der Waals surface area contributed by atoms with E-state index in [9.17, 15) is 8.42 Å². The fraction of sp³-hybridized carbons (Fsp3) is 0.148. The maximum absolute atomic E-state index is 11.5. The molecule has 0 radical (unpaired) electrons. The number of hydrogen-bond donors (Lipinski definition) is 0. The third-order valence-corrected chi connectivity index (χ3v) is 7.32. The molecule has 31 heavy (non-hydrogen) atoms. The van der Waals surface area contributed by atoms with Crippen molar-refractivity contribution in [3.63, 3.8) is 0 Å². The van der Waals surface area contributed by atoms with E-state index >= 15 is 0 Å². The monoisotopic (exact) mass is 425 g/mol. The van der Waals surface area contributed by atoms with Gasteiger partial charge in [0.15, 0.2) is 0 Å². The van der Waals surface area contributed by atoms with Gasteiger partial charge < -0.3 is 0 Å². The lowest BCUT2D eigenvalue weighted by molar-refractivity contribution is 0.598. The zero-order chi connectivity index (χ0) is 21.3. The molecule has 3 nitrogen and oxygen atoms in total. The average Bonchev–Trinajstić information content (AvgIpc) is 2.97. The molecule has 0 bridgehead atoms. The molecular weight excluding hydrogens is 402 g/mol. The van der Waals surface area contributed by atoms with Crippen molar-refractivity contribution >= 4 is 34.5 Å². The first-order valence-electron chi connectivity index (χ1n) is 10.6. The van der Waals surface area contributed by atoms with Crippen molar-refractivity contribution < 1.29 is 8.42 Å². The number of benzene rings is 3. The largest absolute Gasteiger partial charge is 0.282 e. The second-order valence-corrected chi connectivity index (χ2v) is 9.48. The van der Waals surface area contributed by atoms with Crippen molar-refractivity contribution in [1.29, 1.82) is 0 Å². The van der Waals surface area contributed by atoms with E-state index in [2.05, 4.69) is 52.9 Å². The third kappa shape index (κ3) is 3.79. The molecule has 0 amide bonds. The number of nitrogens with zero attached hydrogens (tertiary/aromatic N) is 1. The molecule has 1 aliphatic heterocycles. The van der Waals surface area contributed by atoms with Gasteiger partial charge in [-0.3, -0.25) is 0 Å². The number of sulfonamides is 1. The lowest BCUT2D eigenvalue weighted by Crippen LogP contribution is -2.19. The Labute approximate surface area is 182 Å². The van der Waals surface area contributed by atoms with Gasteiger partial charge in [-0.05, 0) is 75.4 Å². The molecule has 0 fully saturated rings. The first-order valence-corrected chi connectivity index (χ1v) is 12.0. The lowest BCUT2D eigenvalue weighted by Gasteiger charge is -2.16. The normalized spacial score (nSPS) is 16.6. The van der Waals surface area contributed by atoms with Crippen LogP contribution in [-0.4, -0.2) is 14.6 Å². The van der Waals surface area contributed by atoms with Gasteiger partial charge in [-0.2, -0.15) is 12.8 Å². The van der Waals surface area contributed by atoms with Crippen molar-refractivity contribution in [2.45, 2.75) is 30.6 Å². The summed E-state index contributed by atoms with van der Waals surface area (Å²) in [6.45, 7) is 0. The number of fused-ring (bicyclic) bond motifs is 5. The molecule has 0 unspecified atom stereocenters. The van der Waals surface area contributed by atoms with Crippen LogP contribution in [0.4, 0.5) is 0 Å². The summed E-state index contributed by atoms with van der Waals surface area (Å²) in [4.78, 5) is 0.264. The molecule has 0 saturated carbocycles. The topological polar surface area (TPSA) is 46.5 Å². The first-order chi connectivity index (χ1) is 15.1. The summed E-state index contributed by atoms with van der Waals surface area (Å²) in [5, 5.41) is 5.74. The minimum atomic E-state index is -3.47. The first kappa shape index (κ1) is 19.7. The van der Waals surface area contributed by atoms with E-state index in [1.54, 1.807) is 47.5 Å². The second kappa shape index (κ2) is 8.12. The van der Waals surface area contributed by atoms with E-state index in [-0.39, 0.29) is 4.90 Å². The minimum Gasteiger partial charge on any atom is -0.199 e. The maximum atomic E-state index is 11.5. The van der Waals surface area contributed by atoms with E-state index in [4.69, 9.17) is 0 Å². The fourth-order valence-corrected chi connectivity index (χ4v) is 5.55. The standard InChI is InChI=1S/C18H16.C9H7NO2S/c1-3-7-15-13(5-1)9-11-18-16-8-4-2-6-14(16)10-12-17(15)18;11-13(12)9-6-2-1-4-8(9)5-3-7-10-13/h1,3,5-7,9-10,12H,2,4,8,11H2;1-7H. The van der Waals surface area contributed by atoms with Crippen LogP contribution in [0, 0.1) is 10.4 Å². The Morgan fingerprint density at radius 3 is 2.55 bits per heavy atom. The summed E-state index contributed by atoms with van der Waals surface area (Å²) in [6.07, 6.45) is 14.3. The number of hydrogen-bond acceptors (Lipinski definition) is 2. The molecule has 4 heteroatoms. The molecule has 0 atom stereocenters. The van der Waals surface area contributed by atoms with Crippen LogP contribution >= 0.6 is 0 Å². The molecule has 2 aliphatic carbocycles. The van der Waals surface area contributed by atoms with Gasteiger partial charge in [0.25, 0.3) is 10.0 Å². The number of rotatable bonds is 0. The van der Waals surface area contributed by atoms with E-state index in [0.717, 1.165) is 6.42 Å². The van der Waals surface area contributed by atoms with Gasteiger partial charge in [0, 0.05) is 6.21 Å². The van der Waals surface area contributed by atoms with Crippen LogP contribution in [0.1, 0.15) is 29.5 Å². The SMILES string of the molecule is C1=c2ccc3c(c2CCC1)CC=c1ccccc1=3.O=S1(=O)N=CC=Cc2ccccc21. The molecular formula is C27H23NO2S. The summed E-state index contributed by atoms with van der Waals surface area (Å²) in [6, 6.07) is 20.2. The van der Waals surface area contributed by atoms with Gasteiger partial charge in [-0.15, -0.1) is 0 Å². The summed E-state index contributed by atoms with van der Waals surface area (Å²) in [7, 11) is -3.47. The van der Waals surface area contributed by atoms with Crippen LogP contribution in [-0.2, 0) is 22.9 Å². The van der Waals surface area contributed by atoms with Crippen molar-refractivity contribution in [2.75, 3.05) is 0 Å². The molecule has 154 valence electrons. The van der Waals surface area contributed by atoms with E-state index in [1.807, 2.05) is 0 Å². The maximum Gasteiger partial charge on any atom is 0.282 e. The van der Waals surface area contributed by atoms with Crippen LogP contribution in [0.25, 0.3) is 18.2 Å². The highest BCUT2D eigenvalue weighted by atomic mass is 32.2. The highest BCUT2D eigenvalue weighted by Crippen LogP contribution is 2.20. The highest BCUT2D eigenvalue weighted by Gasteiger charge is 2.15. The molecule has 0 saturated heterocycles. The van der Waals surface area contributed by atoms with Crippen LogP contribution in [0.5, 0.6) is 0 Å². The van der Waals surface area contributed by atoms with Crippen LogP contribution in [0.15, 0.2) is 76.0 Å². The molecule has 6 rings (SSSR count). The summed E-state index contributed by atoms with van der Waals surface area (Å²) >= 11 is 0. The minimum absolute atomic E-state index is 0.264. The van der Waals surface area contributed by atoms with Crippen LogP contribution in [0.2, 0.25) is 0 Å². The van der Waals surface area contributed by atoms with Crippen LogP contribution in [0.3, 0.4) is 0 Å². The van der Waals surface area contributed by atoms with Gasteiger partial charge in [0.05, 0.1) is 4.90 Å². The van der Waals surface area contributed by atoms with Crippen molar-refractivity contribution in [2.24, 2.45) is 4.40 Å². The van der Waals surface area contributed by atoms with Gasteiger partial charge in [0.2, 0.25) is 0 Å². The summed E-state index contributed by atoms with van der Waals surface area (Å²) in [5.41, 5.74) is 3.85. The molecule has 0 aromatic heterocycles. The summed E-state index contributed by atoms with van der Waals surface area (Å²) < 4.78 is 26.4. The Bertz CT molecular complexity index is 1550. The fourth-order valence-electron chi connectivity index (χ4n) is 4.52. The zero-order valence-electron chi connectivity index (χ0n) is 17.2. The Morgan fingerprint density at radius 2 is 1.61 bits per heavy atom. The third-order valence-electron chi connectivity index (χ3n) is 6.00. The summed E-state index contributed by atoms with van der Waals surface area (Å²) in [5.74, 6) is 0. The predicted molar refractivity (Wildman–Crippen MR) is 127 cm³/mol. The Hall–Kier alpha value is -3.24. The Balaban J connectivity index is 0.000000140. The van der Waals surface area contributed by atoms with Gasteiger partial charge in [0.1, 0.15) is 0 Å². The Kier molecular flexibility index (Phi) is 5.16. The van der Waals surface area contributed by atoms with Gasteiger partial charge >= 0.3 is 0 Å². The lowest BCUT2D eigenvalue weighted by atomic mass is 9.89. The molecule has 1 heterocycles. The van der Waals surface area contributed by atoms with E-state index in [1.165, 1.54) is 46.4 Å². The highest BCUT2D eigenvalue weighted by molar-refractivity contribution is 7.90. The number of allylic oxidation sites excluding steroid dienone is 1. The van der Waals surface area contributed by atoms with Crippen LogP contribution < -0.4 is 10.4 Å². The zero-order valence-corrected chi connectivity index (χ0v) is 18.0. The molecule has 0 spiro atoms. The Morgan fingerprint density at radius 1 is 0.774 bits per heavy atom. The van der Waals surface area contributed by atoms with Crippen molar-refractivity contribution in [3.8, 4) is 0 Å². The predicted octanol–water partition coefficient (Wildman–Crippen LogP) is 3.90. The molecule has 3 aromatic carbocycles. The van der Waals surface area contributed by atoms with Gasteiger partial charge in [-0.1, -0.05) is 72.8 Å².